The van der Waals surface area contributed by atoms with Crippen molar-refractivity contribution in [3.05, 3.63) is 42.0 Å². The Labute approximate surface area is 98.0 Å². The number of aromatic nitrogens is 3. The van der Waals surface area contributed by atoms with Crippen LogP contribution in [0.3, 0.4) is 0 Å². The molecule has 0 saturated carbocycles. The topological polar surface area (TPSA) is 81.9 Å². The zero-order valence-corrected chi connectivity index (χ0v) is 9.76. The van der Waals surface area contributed by atoms with Crippen molar-refractivity contribution in [3.8, 4) is 0 Å². The van der Waals surface area contributed by atoms with Crippen LogP contribution in [-0.2, 0) is 10.0 Å². The highest BCUT2D eigenvalue weighted by atomic mass is 32.2. The van der Waals surface area contributed by atoms with Crippen LogP contribution in [-0.4, -0.2) is 28.9 Å². The molecule has 0 aliphatic heterocycles. The van der Waals surface area contributed by atoms with E-state index in [2.05, 4.69) is 10.1 Å². The minimum absolute atomic E-state index is 0.0664. The van der Waals surface area contributed by atoms with E-state index < -0.39 is 10.0 Å². The Morgan fingerprint density at radius 1 is 1.24 bits per heavy atom. The Hall–Kier alpha value is -2.02. The number of aldehydes is 1. The Kier molecular flexibility index (Phi) is 2.76. The van der Waals surface area contributed by atoms with E-state index in [1.165, 1.54) is 12.1 Å². The Morgan fingerprint density at radius 2 is 1.88 bits per heavy atom. The molecule has 2 aromatic rings. The molecule has 0 radical (unpaired) electrons. The third-order valence-corrected chi connectivity index (χ3v) is 3.80. The third kappa shape index (κ3) is 1.96. The van der Waals surface area contributed by atoms with Crippen LogP contribution in [0.15, 0.2) is 35.5 Å². The molecule has 0 spiro atoms. The van der Waals surface area contributed by atoms with E-state index in [1.54, 1.807) is 12.1 Å². The molecule has 0 aliphatic carbocycles. The zero-order valence-electron chi connectivity index (χ0n) is 8.94. The largest absolute Gasteiger partial charge is 0.294 e. The molecule has 6 nitrogen and oxygen atoms in total. The van der Waals surface area contributed by atoms with Gasteiger partial charge in [0.25, 0.3) is 10.0 Å². The van der Waals surface area contributed by atoms with Gasteiger partial charge < -0.3 is 0 Å². The van der Waals surface area contributed by atoms with Crippen LogP contribution in [0.1, 0.15) is 16.2 Å². The van der Waals surface area contributed by atoms with E-state index in [-0.39, 0.29) is 10.7 Å². The summed E-state index contributed by atoms with van der Waals surface area (Å²) in [5.41, 5.74) is 0.943. The molecule has 1 aromatic carbocycles. The predicted molar refractivity (Wildman–Crippen MR) is 59.2 cm³/mol. The molecule has 0 amide bonds. The quantitative estimate of drug-likeness (QED) is 0.747. The minimum atomic E-state index is -3.84. The van der Waals surface area contributed by atoms with Gasteiger partial charge in [0.1, 0.15) is 6.33 Å². The maximum atomic E-state index is 12.1. The van der Waals surface area contributed by atoms with Crippen LogP contribution in [0.5, 0.6) is 0 Å². The van der Waals surface area contributed by atoms with Crippen molar-refractivity contribution in [2.24, 2.45) is 0 Å². The van der Waals surface area contributed by atoms with Gasteiger partial charge in [0.05, 0.1) is 4.90 Å². The average Bonchev–Trinajstić information content (AvgIpc) is 2.78. The van der Waals surface area contributed by atoms with Crippen molar-refractivity contribution in [2.75, 3.05) is 0 Å². The van der Waals surface area contributed by atoms with E-state index >= 15 is 0 Å². The Balaban J connectivity index is 2.57. The van der Waals surface area contributed by atoms with Gasteiger partial charge in [-0.05, 0) is 19.1 Å². The smallest absolute Gasteiger partial charge is 0.285 e. The van der Waals surface area contributed by atoms with Gasteiger partial charge in [-0.1, -0.05) is 17.7 Å². The molecule has 0 N–H and O–H groups in total. The van der Waals surface area contributed by atoms with E-state index in [1.807, 2.05) is 6.92 Å². The van der Waals surface area contributed by atoms with Crippen molar-refractivity contribution in [3.63, 3.8) is 0 Å². The molecule has 17 heavy (non-hydrogen) atoms. The molecule has 0 bridgehead atoms. The van der Waals surface area contributed by atoms with Crippen molar-refractivity contribution in [1.82, 2.24) is 14.2 Å². The van der Waals surface area contributed by atoms with Crippen LogP contribution in [0.25, 0.3) is 0 Å². The summed E-state index contributed by atoms with van der Waals surface area (Å²) in [7, 11) is -3.84. The monoisotopic (exact) mass is 251 g/mol. The first-order chi connectivity index (χ1) is 8.05. The second kappa shape index (κ2) is 4.10. The summed E-state index contributed by atoms with van der Waals surface area (Å²) in [6, 6.07) is 6.26. The van der Waals surface area contributed by atoms with Crippen molar-refractivity contribution < 1.29 is 13.2 Å². The fraction of sp³-hybridized carbons (Fsp3) is 0.100. The molecule has 0 unspecified atom stereocenters. The first kappa shape index (κ1) is 11.5. The fourth-order valence-corrected chi connectivity index (χ4v) is 2.49. The molecule has 0 saturated heterocycles. The maximum absolute atomic E-state index is 12.1. The minimum Gasteiger partial charge on any atom is -0.294 e. The lowest BCUT2D eigenvalue weighted by Gasteiger charge is -2.04. The van der Waals surface area contributed by atoms with Crippen LogP contribution in [0.4, 0.5) is 0 Å². The summed E-state index contributed by atoms with van der Waals surface area (Å²) >= 11 is 0. The second-order valence-electron chi connectivity index (χ2n) is 3.40. The van der Waals surface area contributed by atoms with Gasteiger partial charge in [-0.2, -0.15) is 8.42 Å². The van der Waals surface area contributed by atoms with Gasteiger partial charge in [-0.3, -0.25) is 4.79 Å². The van der Waals surface area contributed by atoms with Gasteiger partial charge >= 0.3 is 0 Å². The van der Waals surface area contributed by atoms with E-state index in [0.717, 1.165) is 11.9 Å². The summed E-state index contributed by atoms with van der Waals surface area (Å²) in [5, 5.41) is 3.54. The highest BCUT2D eigenvalue weighted by molar-refractivity contribution is 7.89. The van der Waals surface area contributed by atoms with Gasteiger partial charge in [-0.25, -0.2) is 4.98 Å². The van der Waals surface area contributed by atoms with Crippen LogP contribution >= 0.6 is 0 Å². The lowest BCUT2D eigenvalue weighted by Crippen LogP contribution is -2.17. The van der Waals surface area contributed by atoms with E-state index in [0.29, 0.717) is 10.4 Å². The number of hydrogen-bond donors (Lipinski definition) is 0. The molecule has 1 aromatic heterocycles. The number of hydrogen-bond acceptors (Lipinski definition) is 5. The van der Waals surface area contributed by atoms with Gasteiger partial charge in [-0.15, -0.1) is 9.19 Å². The molecule has 7 heteroatoms. The number of rotatable bonds is 3. The molecule has 0 atom stereocenters. The number of carbonyl (C=O) groups excluding carboxylic acids is 1. The molecular weight excluding hydrogens is 242 g/mol. The molecular formula is C10H9N3O3S. The first-order valence-corrected chi connectivity index (χ1v) is 6.17. The summed E-state index contributed by atoms with van der Waals surface area (Å²) in [5.74, 6) is -0.245. The molecule has 2 rings (SSSR count). The highest BCUT2D eigenvalue weighted by Crippen LogP contribution is 2.14. The lowest BCUT2D eigenvalue weighted by atomic mass is 10.2. The summed E-state index contributed by atoms with van der Waals surface area (Å²) < 4.78 is 24.8. The number of carbonyl (C=O) groups is 1. The number of aryl methyl sites for hydroxylation is 1. The van der Waals surface area contributed by atoms with Gasteiger partial charge in [0.2, 0.25) is 5.82 Å². The lowest BCUT2D eigenvalue weighted by molar-refractivity contribution is 0.111. The molecule has 88 valence electrons. The second-order valence-corrected chi connectivity index (χ2v) is 5.16. The zero-order chi connectivity index (χ0) is 12.5. The highest BCUT2D eigenvalue weighted by Gasteiger charge is 2.21. The average molecular weight is 251 g/mol. The van der Waals surface area contributed by atoms with Crippen molar-refractivity contribution in [1.29, 1.82) is 0 Å². The number of nitrogens with zero attached hydrogens (tertiary/aromatic N) is 3. The first-order valence-electron chi connectivity index (χ1n) is 4.73. The van der Waals surface area contributed by atoms with Gasteiger partial charge in [0.15, 0.2) is 6.29 Å². The third-order valence-electron chi connectivity index (χ3n) is 2.19. The predicted octanol–water partition coefficient (Wildman–Crippen LogP) is 0.636. The van der Waals surface area contributed by atoms with E-state index in [9.17, 15) is 13.2 Å². The molecule has 0 fully saturated rings. The molecule has 0 aliphatic rings. The normalized spacial score (nSPS) is 11.4. The summed E-state index contributed by atoms with van der Waals surface area (Å²) in [6.45, 7) is 1.85. The van der Waals surface area contributed by atoms with Crippen molar-refractivity contribution in [2.45, 2.75) is 11.8 Å². The fourth-order valence-electron chi connectivity index (χ4n) is 1.31. The van der Waals surface area contributed by atoms with Crippen molar-refractivity contribution >= 4 is 16.3 Å². The maximum Gasteiger partial charge on any atom is 0.285 e. The van der Waals surface area contributed by atoms with Crippen LogP contribution < -0.4 is 0 Å². The van der Waals surface area contributed by atoms with Gasteiger partial charge in [0, 0.05) is 0 Å². The standard InChI is InChI=1S/C10H9N3O3S/c1-8-2-4-9(5-3-8)17(15,16)13-10(6-14)11-7-12-13/h2-7H,1H3. The van der Waals surface area contributed by atoms with Crippen LogP contribution in [0.2, 0.25) is 0 Å². The SMILES string of the molecule is Cc1ccc(S(=O)(=O)n2ncnc2C=O)cc1. The Bertz CT molecular complexity index is 644. The molecule has 1 heterocycles. The Morgan fingerprint density at radius 3 is 2.47 bits per heavy atom. The van der Waals surface area contributed by atoms with Crippen LogP contribution in [0, 0.1) is 6.92 Å². The number of benzene rings is 1. The van der Waals surface area contributed by atoms with E-state index in [4.69, 9.17) is 0 Å². The summed E-state index contributed by atoms with van der Waals surface area (Å²) in [6.07, 6.45) is 1.37. The summed E-state index contributed by atoms with van der Waals surface area (Å²) in [4.78, 5) is 14.2.